The van der Waals surface area contributed by atoms with Crippen LogP contribution in [0.5, 0.6) is 0 Å². The normalized spacial score (nSPS) is 13.7. The van der Waals surface area contributed by atoms with Crippen LogP contribution in [0.2, 0.25) is 16.6 Å². The maximum atomic E-state index is 6.30. The molecule has 0 aliphatic heterocycles. The fraction of sp³-hybridized carbons (Fsp3) is 0.600. The summed E-state index contributed by atoms with van der Waals surface area (Å²) < 4.78 is 11.6. The zero-order chi connectivity index (χ0) is 14.6. The molecule has 0 aliphatic rings. The second kappa shape index (κ2) is 6.66. The van der Waals surface area contributed by atoms with Crippen LogP contribution in [0.25, 0.3) is 6.08 Å². The second-order valence-electron chi connectivity index (χ2n) is 5.88. The van der Waals surface area contributed by atoms with Gasteiger partial charge in [-0.15, -0.1) is 0 Å². The summed E-state index contributed by atoms with van der Waals surface area (Å²) in [5.74, 6) is 0.726. The van der Waals surface area contributed by atoms with Crippen molar-refractivity contribution in [3.63, 3.8) is 0 Å². The number of furan rings is 1. The summed E-state index contributed by atoms with van der Waals surface area (Å²) in [6.07, 6.45) is 3.39. The lowest BCUT2D eigenvalue weighted by molar-refractivity contribution is 0.403. The number of hydrogen-bond donors (Lipinski definition) is 0. The number of rotatable bonds is 6. The van der Waals surface area contributed by atoms with Crippen LogP contribution in [0.4, 0.5) is 0 Å². The van der Waals surface area contributed by atoms with Gasteiger partial charge in [0.1, 0.15) is 5.76 Å². The van der Waals surface area contributed by atoms with Gasteiger partial charge in [0.25, 0.3) is 8.32 Å². The summed E-state index contributed by atoms with van der Waals surface area (Å²) in [6, 6.07) is 3.71. The summed E-state index contributed by atoms with van der Waals surface area (Å²) >= 11 is 6.30. The quantitative estimate of drug-likeness (QED) is 0.474. The smallest absolute Gasteiger partial charge is 0.259 e. The van der Waals surface area contributed by atoms with Crippen LogP contribution in [0, 0.1) is 0 Å². The Hall–Kier alpha value is -0.673. The average molecular weight is 301 g/mol. The first kappa shape index (κ1) is 16.4. The summed E-state index contributed by atoms with van der Waals surface area (Å²) in [4.78, 5) is 0. The first-order chi connectivity index (χ1) is 8.80. The zero-order valence-corrected chi connectivity index (χ0v) is 14.5. The molecule has 0 aliphatic carbocycles. The zero-order valence-electron chi connectivity index (χ0n) is 12.7. The fourth-order valence-electron chi connectivity index (χ4n) is 3.04. The van der Waals surface area contributed by atoms with Crippen molar-refractivity contribution in [3.05, 3.63) is 29.4 Å². The molecule has 0 spiro atoms. The SMILES string of the molecule is CC(C)[Si](OC(Cl)=Cc1ccco1)(C(C)C)C(C)C. The van der Waals surface area contributed by atoms with E-state index in [1.54, 1.807) is 12.3 Å². The molecule has 0 amide bonds. The molecule has 0 bridgehead atoms. The van der Waals surface area contributed by atoms with Gasteiger partial charge in [-0.05, 0) is 40.4 Å². The predicted octanol–water partition coefficient (Wildman–Crippen LogP) is 6.01. The minimum Gasteiger partial charge on any atom is -0.535 e. The molecule has 2 nitrogen and oxygen atoms in total. The van der Waals surface area contributed by atoms with E-state index in [1.165, 1.54) is 0 Å². The van der Waals surface area contributed by atoms with Crippen LogP contribution in [-0.4, -0.2) is 8.32 Å². The second-order valence-corrected chi connectivity index (χ2v) is 11.6. The van der Waals surface area contributed by atoms with E-state index in [4.69, 9.17) is 20.4 Å². The molecule has 0 N–H and O–H groups in total. The van der Waals surface area contributed by atoms with Crippen molar-refractivity contribution < 1.29 is 8.84 Å². The Labute approximate surface area is 122 Å². The van der Waals surface area contributed by atoms with Crippen LogP contribution < -0.4 is 0 Å². The van der Waals surface area contributed by atoms with E-state index in [0.29, 0.717) is 21.8 Å². The first-order valence-corrected chi connectivity index (χ1v) is 9.42. The van der Waals surface area contributed by atoms with E-state index in [2.05, 4.69) is 41.5 Å². The maximum Gasteiger partial charge on any atom is 0.259 e. The van der Waals surface area contributed by atoms with Gasteiger partial charge < -0.3 is 8.84 Å². The van der Waals surface area contributed by atoms with Gasteiger partial charge in [-0.25, -0.2) is 0 Å². The number of hydrogen-bond acceptors (Lipinski definition) is 2. The van der Waals surface area contributed by atoms with Gasteiger partial charge in [0.05, 0.1) is 6.26 Å². The van der Waals surface area contributed by atoms with Crippen molar-refractivity contribution in [3.8, 4) is 0 Å². The summed E-state index contributed by atoms with van der Waals surface area (Å²) in [5, 5.41) is 0.442. The van der Waals surface area contributed by atoms with Crippen molar-refractivity contribution in [1.29, 1.82) is 0 Å². The first-order valence-electron chi connectivity index (χ1n) is 6.90. The minimum atomic E-state index is -1.97. The molecule has 0 unspecified atom stereocenters. The third-order valence-corrected chi connectivity index (χ3v) is 10.1. The molecule has 1 rings (SSSR count). The third-order valence-electron chi connectivity index (χ3n) is 3.78. The van der Waals surface area contributed by atoms with E-state index < -0.39 is 8.32 Å². The van der Waals surface area contributed by atoms with Crippen molar-refractivity contribution in [1.82, 2.24) is 0 Å². The predicted molar refractivity (Wildman–Crippen MR) is 84.7 cm³/mol. The average Bonchev–Trinajstić information content (AvgIpc) is 2.76. The standard InChI is InChI=1S/C15H25ClO2Si/c1-11(2)19(12(3)4,13(5)6)18-15(16)10-14-8-7-9-17-14/h7-13H,1-6H3. The van der Waals surface area contributed by atoms with Crippen molar-refractivity contribution in [2.24, 2.45) is 0 Å². The highest BCUT2D eigenvalue weighted by Crippen LogP contribution is 2.44. The molecule has 0 atom stereocenters. The maximum absolute atomic E-state index is 6.30. The number of halogens is 1. The van der Waals surface area contributed by atoms with Crippen LogP contribution in [0.3, 0.4) is 0 Å². The largest absolute Gasteiger partial charge is 0.535 e. The van der Waals surface area contributed by atoms with Crippen LogP contribution in [0.15, 0.2) is 28.0 Å². The molecule has 108 valence electrons. The van der Waals surface area contributed by atoms with E-state index in [1.807, 2.05) is 12.1 Å². The van der Waals surface area contributed by atoms with Gasteiger partial charge in [0.15, 0.2) is 5.22 Å². The molecule has 0 saturated carbocycles. The van der Waals surface area contributed by atoms with Gasteiger partial charge in [-0.3, -0.25) is 0 Å². The van der Waals surface area contributed by atoms with Crippen molar-refractivity contribution in [2.75, 3.05) is 0 Å². The van der Waals surface area contributed by atoms with Gasteiger partial charge in [-0.1, -0.05) is 41.5 Å². The Morgan fingerprint density at radius 2 is 1.68 bits per heavy atom. The van der Waals surface area contributed by atoms with Gasteiger partial charge in [0, 0.05) is 6.08 Å². The highest BCUT2D eigenvalue weighted by atomic mass is 35.5. The van der Waals surface area contributed by atoms with Crippen molar-refractivity contribution in [2.45, 2.75) is 58.2 Å². The van der Waals surface area contributed by atoms with Gasteiger partial charge in [-0.2, -0.15) is 0 Å². The summed E-state index contributed by atoms with van der Waals surface area (Å²) in [6.45, 7) is 13.4. The molecular formula is C15H25ClO2Si. The van der Waals surface area contributed by atoms with Gasteiger partial charge >= 0.3 is 0 Å². The molecule has 0 radical (unpaired) electrons. The lowest BCUT2D eigenvalue weighted by Crippen LogP contribution is -2.47. The Kier molecular flexibility index (Phi) is 5.75. The summed E-state index contributed by atoms with van der Waals surface area (Å²) in [5.41, 5.74) is 1.52. The Balaban J connectivity index is 3.01. The van der Waals surface area contributed by atoms with Crippen LogP contribution >= 0.6 is 11.6 Å². The Bertz CT molecular complexity index is 386. The van der Waals surface area contributed by atoms with E-state index in [-0.39, 0.29) is 0 Å². The van der Waals surface area contributed by atoms with Gasteiger partial charge in [0.2, 0.25) is 0 Å². The van der Waals surface area contributed by atoms with E-state index in [9.17, 15) is 0 Å². The summed E-state index contributed by atoms with van der Waals surface area (Å²) in [7, 11) is -1.97. The minimum absolute atomic E-state index is 0.442. The van der Waals surface area contributed by atoms with Crippen LogP contribution in [0.1, 0.15) is 47.3 Å². The lowest BCUT2D eigenvalue weighted by atomic mass is 10.4. The molecule has 1 aromatic heterocycles. The van der Waals surface area contributed by atoms with E-state index in [0.717, 1.165) is 5.76 Å². The molecule has 19 heavy (non-hydrogen) atoms. The topological polar surface area (TPSA) is 22.4 Å². The molecule has 1 heterocycles. The molecule has 1 aromatic rings. The monoisotopic (exact) mass is 300 g/mol. The molecule has 0 fully saturated rings. The van der Waals surface area contributed by atoms with Crippen LogP contribution in [-0.2, 0) is 4.43 Å². The third kappa shape index (κ3) is 3.66. The molecule has 0 saturated heterocycles. The highest BCUT2D eigenvalue weighted by Gasteiger charge is 2.47. The highest BCUT2D eigenvalue weighted by molar-refractivity contribution is 6.78. The molecule has 4 heteroatoms. The van der Waals surface area contributed by atoms with Crippen molar-refractivity contribution >= 4 is 26.0 Å². The lowest BCUT2D eigenvalue weighted by Gasteiger charge is -2.41. The molecular weight excluding hydrogens is 276 g/mol. The Morgan fingerprint density at radius 3 is 2.05 bits per heavy atom. The Morgan fingerprint density at radius 1 is 1.16 bits per heavy atom. The van der Waals surface area contributed by atoms with E-state index >= 15 is 0 Å². The fourth-order valence-corrected chi connectivity index (χ4v) is 8.65. The molecule has 0 aromatic carbocycles.